The van der Waals surface area contributed by atoms with Crippen LogP contribution in [0, 0.1) is 11.8 Å². The molecule has 0 aromatic carbocycles. The van der Waals surface area contributed by atoms with Gasteiger partial charge in [-0.15, -0.1) is 0 Å². The van der Waals surface area contributed by atoms with Crippen LogP contribution in [0.2, 0.25) is 0 Å². The molecule has 19 heavy (non-hydrogen) atoms. The Morgan fingerprint density at radius 1 is 1.42 bits per heavy atom. The summed E-state index contributed by atoms with van der Waals surface area (Å²) in [6.07, 6.45) is 2.51. The lowest BCUT2D eigenvalue weighted by atomic mass is 9.94. The Labute approximate surface area is 115 Å². The first-order chi connectivity index (χ1) is 9.01. The fourth-order valence-electron chi connectivity index (χ4n) is 2.34. The van der Waals surface area contributed by atoms with Gasteiger partial charge in [0.15, 0.2) is 0 Å². The number of nitrogens with zero attached hydrogens (tertiary/aromatic N) is 1. The molecule has 0 radical (unpaired) electrons. The summed E-state index contributed by atoms with van der Waals surface area (Å²) in [5, 5.41) is 0. The minimum atomic E-state index is -0.467. The molecule has 1 heterocycles. The normalized spacial score (nSPS) is 22.7. The molecule has 1 saturated heterocycles. The Morgan fingerprint density at radius 2 is 2.11 bits per heavy atom. The highest BCUT2D eigenvalue weighted by molar-refractivity contribution is 5.83. The molecule has 2 N–H and O–H groups in total. The molecular weight excluding hydrogens is 244 g/mol. The number of ether oxygens (including phenoxy) is 1. The highest BCUT2D eigenvalue weighted by atomic mass is 16.5. The van der Waals surface area contributed by atoms with Crippen LogP contribution in [0.3, 0.4) is 0 Å². The zero-order valence-electron chi connectivity index (χ0n) is 12.2. The summed E-state index contributed by atoms with van der Waals surface area (Å²) in [4.78, 5) is 25.7. The number of carbonyl (C=O) groups excluding carboxylic acids is 2. The molecule has 0 unspecified atom stereocenters. The molecule has 1 aliphatic rings. The van der Waals surface area contributed by atoms with Gasteiger partial charge in [0.05, 0.1) is 18.6 Å². The fourth-order valence-corrected chi connectivity index (χ4v) is 2.34. The van der Waals surface area contributed by atoms with E-state index in [1.165, 1.54) is 0 Å². The van der Waals surface area contributed by atoms with Gasteiger partial charge in [-0.05, 0) is 25.7 Å². The Balaban J connectivity index is 2.59. The fraction of sp³-hybridized carbons (Fsp3) is 0.857. The summed E-state index contributed by atoms with van der Waals surface area (Å²) in [6, 6.07) is -0.467. The molecule has 0 aromatic heterocycles. The minimum absolute atomic E-state index is 0.0386. The lowest BCUT2D eigenvalue weighted by Crippen LogP contribution is -2.51. The van der Waals surface area contributed by atoms with E-state index in [1.54, 1.807) is 11.8 Å². The Morgan fingerprint density at radius 3 is 2.68 bits per heavy atom. The number of hydrogen-bond acceptors (Lipinski definition) is 4. The van der Waals surface area contributed by atoms with Crippen molar-refractivity contribution in [2.75, 3.05) is 19.7 Å². The van der Waals surface area contributed by atoms with E-state index in [0.29, 0.717) is 19.7 Å². The number of esters is 1. The zero-order valence-corrected chi connectivity index (χ0v) is 12.2. The molecule has 110 valence electrons. The number of piperidine rings is 1. The molecule has 0 aromatic rings. The number of carbonyl (C=O) groups is 2. The first-order valence-electron chi connectivity index (χ1n) is 7.22. The van der Waals surface area contributed by atoms with E-state index in [-0.39, 0.29) is 23.7 Å². The van der Waals surface area contributed by atoms with Gasteiger partial charge in [0.25, 0.3) is 0 Å². The van der Waals surface area contributed by atoms with Crippen LogP contribution in [0.4, 0.5) is 0 Å². The Kier molecular flexibility index (Phi) is 6.28. The van der Waals surface area contributed by atoms with Crippen molar-refractivity contribution >= 4 is 11.9 Å². The van der Waals surface area contributed by atoms with Crippen LogP contribution in [0.25, 0.3) is 0 Å². The quantitative estimate of drug-likeness (QED) is 0.761. The third-order valence-corrected chi connectivity index (χ3v) is 3.90. The average Bonchev–Trinajstić information content (AvgIpc) is 2.45. The van der Waals surface area contributed by atoms with Crippen molar-refractivity contribution < 1.29 is 14.3 Å². The van der Waals surface area contributed by atoms with Crippen LogP contribution in [-0.2, 0) is 14.3 Å². The number of rotatable bonds is 5. The predicted octanol–water partition coefficient (Wildman–Crippen LogP) is 1.16. The summed E-state index contributed by atoms with van der Waals surface area (Å²) < 4.78 is 5.03. The zero-order chi connectivity index (χ0) is 14.4. The van der Waals surface area contributed by atoms with E-state index in [1.807, 2.05) is 13.8 Å². The molecule has 5 heteroatoms. The molecule has 0 saturated carbocycles. The molecule has 1 amide bonds. The molecule has 0 spiro atoms. The van der Waals surface area contributed by atoms with Crippen LogP contribution >= 0.6 is 0 Å². The van der Waals surface area contributed by atoms with Crippen LogP contribution < -0.4 is 5.73 Å². The molecular formula is C14H26N2O3. The second-order valence-corrected chi connectivity index (χ2v) is 5.29. The second-order valence-electron chi connectivity index (χ2n) is 5.29. The topological polar surface area (TPSA) is 72.6 Å². The Bertz CT molecular complexity index is 320. The van der Waals surface area contributed by atoms with E-state index in [2.05, 4.69) is 0 Å². The smallest absolute Gasteiger partial charge is 0.310 e. The van der Waals surface area contributed by atoms with Crippen molar-refractivity contribution in [3.05, 3.63) is 0 Å². The number of hydrogen-bond donors (Lipinski definition) is 1. The van der Waals surface area contributed by atoms with E-state index >= 15 is 0 Å². The maximum absolute atomic E-state index is 12.3. The molecule has 3 atom stereocenters. The summed E-state index contributed by atoms with van der Waals surface area (Å²) >= 11 is 0. The van der Waals surface area contributed by atoms with Gasteiger partial charge >= 0.3 is 5.97 Å². The van der Waals surface area contributed by atoms with E-state index in [0.717, 1.165) is 19.3 Å². The number of amides is 1. The van der Waals surface area contributed by atoms with Crippen molar-refractivity contribution in [3.8, 4) is 0 Å². The van der Waals surface area contributed by atoms with Gasteiger partial charge in [0.1, 0.15) is 0 Å². The largest absolute Gasteiger partial charge is 0.466 e. The van der Waals surface area contributed by atoms with Gasteiger partial charge in [0.2, 0.25) is 5.91 Å². The first-order valence-corrected chi connectivity index (χ1v) is 7.22. The van der Waals surface area contributed by atoms with E-state index in [4.69, 9.17) is 10.5 Å². The number of likely N-dealkylation sites (tertiary alicyclic amines) is 1. The predicted molar refractivity (Wildman–Crippen MR) is 73.4 cm³/mol. The Hall–Kier alpha value is -1.10. The van der Waals surface area contributed by atoms with Crippen molar-refractivity contribution in [1.29, 1.82) is 0 Å². The summed E-state index contributed by atoms with van der Waals surface area (Å²) in [6.45, 7) is 7.32. The van der Waals surface area contributed by atoms with Crippen LogP contribution in [0.5, 0.6) is 0 Å². The molecule has 0 aliphatic carbocycles. The van der Waals surface area contributed by atoms with Gasteiger partial charge in [-0.25, -0.2) is 0 Å². The van der Waals surface area contributed by atoms with Crippen LogP contribution in [0.1, 0.15) is 40.0 Å². The van der Waals surface area contributed by atoms with Gasteiger partial charge in [-0.1, -0.05) is 20.3 Å². The van der Waals surface area contributed by atoms with Gasteiger partial charge < -0.3 is 15.4 Å². The SMILES string of the molecule is CCOC(=O)[C@H]1CCCN(C(=O)[C@@H](N)[C@H](C)CC)C1. The highest BCUT2D eigenvalue weighted by Gasteiger charge is 2.32. The number of nitrogens with two attached hydrogens (primary N) is 1. The maximum atomic E-state index is 12.3. The van der Waals surface area contributed by atoms with E-state index in [9.17, 15) is 9.59 Å². The lowest BCUT2D eigenvalue weighted by molar-refractivity contribution is -0.151. The van der Waals surface area contributed by atoms with Crippen LogP contribution in [-0.4, -0.2) is 42.5 Å². The second kappa shape index (κ2) is 7.48. The molecule has 1 fully saturated rings. The molecule has 0 bridgehead atoms. The average molecular weight is 270 g/mol. The summed E-state index contributed by atoms with van der Waals surface area (Å²) in [5.74, 6) is -0.266. The first kappa shape index (κ1) is 16.0. The lowest BCUT2D eigenvalue weighted by Gasteiger charge is -2.34. The van der Waals surface area contributed by atoms with Crippen molar-refractivity contribution in [3.63, 3.8) is 0 Å². The van der Waals surface area contributed by atoms with Crippen LogP contribution in [0.15, 0.2) is 0 Å². The molecule has 5 nitrogen and oxygen atoms in total. The van der Waals surface area contributed by atoms with Gasteiger partial charge in [-0.2, -0.15) is 0 Å². The third-order valence-electron chi connectivity index (χ3n) is 3.90. The monoisotopic (exact) mass is 270 g/mol. The summed E-state index contributed by atoms with van der Waals surface area (Å²) in [5.41, 5.74) is 5.97. The molecule has 1 rings (SSSR count). The third kappa shape index (κ3) is 4.20. The van der Waals surface area contributed by atoms with Gasteiger partial charge in [0, 0.05) is 13.1 Å². The summed E-state index contributed by atoms with van der Waals surface area (Å²) in [7, 11) is 0. The highest BCUT2D eigenvalue weighted by Crippen LogP contribution is 2.20. The maximum Gasteiger partial charge on any atom is 0.310 e. The van der Waals surface area contributed by atoms with E-state index < -0.39 is 6.04 Å². The van der Waals surface area contributed by atoms with Crippen molar-refractivity contribution in [2.45, 2.75) is 46.1 Å². The minimum Gasteiger partial charge on any atom is -0.466 e. The van der Waals surface area contributed by atoms with Gasteiger partial charge in [-0.3, -0.25) is 9.59 Å². The molecule has 1 aliphatic heterocycles. The standard InChI is InChI=1S/C14H26N2O3/c1-4-10(3)12(15)13(17)16-8-6-7-11(9-16)14(18)19-5-2/h10-12H,4-9,15H2,1-3H3/t10-,11+,12+/m1/s1. The van der Waals surface area contributed by atoms with Crippen molar-refractivity contribution in [1.82, 2.24) is 4.90 Å². The van der Waals surface area contributed by atoms with Crippen molar-refractivity contribution in [2.24, 2.45) is 17.6 Å².